The molecule has 0 unspecified atom stereocenters. The number of urea groups is 1. The van der Waals surface area contributed by atoms with E-state index in [1.165, 1.54) is 89.9 Å². The SMILES string of the molecule is CCCCCCCCCCCCCC(=O)OCC(COC(=O)CCCCCCCCCCCCC)OC(=O)CCC(=O)OCN1C(=O)NC(c2ccccc2)(c2ccccc2)C1=O. The van der Waals surface area contributed by atoms with E-state index in [0.29, 0.717) is 24.0 Å². The average Bonchev–Trinajstić information content (AvgIpc) is 3.56. The summed E-state index contributed by atoms with van der Waals surface area (Å²) >= 11 is 0. The topological polar surface area (TPSA) is 155 Å². The van der Waals surface area contributed by atoms with Crippen LogP contribution in [0.2, 0.25) is 0 Å². The number of amides is 3. The second kappa shape index (κ2) is 32.0. The third-order valence-corrected chi connectivity index (χ3v) is 11.5. The van der Waals surface area contributed by atoms with Gasteiger partial charge in [0.2, 0.25) is 0 Å². The maximum absolute atomic E-state index is 13.9. The van der Waals surface area contributed by atoms with Crippen LogP contribution in [0.3, 0.4) is 0 Å². The zero-order chi connectivity index (χ0) is 45.4. The first-order chi connectivity index (χ1) is 30.7. The lowest BCUT2D eigenvalue weighted by molar-refractivity contribution is -0.167. The van der Waals surface area contributed by atoms with Gasteiger partial charge in [0.05, 0.1) is 12.8 Å². The largest absolute Gasteiger partial charge is 0.462 e. The Morgan fingerprint density at radius 2 is 0.857 bits per heavy atom. The molecule has 2 aromatic carbocycles. The van der Waals surface area contributed by atoms with Gasteiger partial charge < -0.3 is 24.3 Å². The Labute approximate surface area is 376 Å². The quantitative estimate of drug-likeness (QED) is 0.0303. The van der Waals surface area contributed by atoms with Gasteiger partial charge in [-0.1, -0.05) is 203 Å². The van der Waals surface area contributed by atoms with Gasteiger partial charge in [0.15, 0.2) is 18.4 Å². The highest BCUT2D eigenvalue weighted by molar-refractivity contribution is 6.09. The number of esters is 4. The molecule has 0 aliphatic carbocycles. The van der Waals surface area contributed by atoms with Gasteiger partial charge in [0, 0.05) is 12.8 Å². The van der Waals surface area contributed by atoms with Crippen LogP contribution < -0.4 is 5.32 Å². The number of rotatable bonds is 36. The van der Waals surface area contributed by atoms with Gasteiger partial charge in [-0.3, -0.25) is 24.0 Å². The van der Waals surface area contributed by atoms with Gasteiger partial charge in [-0.15, -0.1) is 0 Å². The van der Waals surface area contributed by atoms with E-state index in [9.17, 15) is 28.8 Å². The van der Waals surface area contributed by atoms with Crippen molar-refractivity contribution in [3.8, 4) is 0 Å². The minimum absolute atomic E-state index is 0.234. The molecule has 12 heteroatoms. The van der Waals surface area contributed by atoms with Crippen LogP contribution in [0.5, 0.6) is 0 Å². The van der Waals surface area contributed by atoms with E-state index >= 15 is 0 Å². The molecule has 3 amide bonds. The number of nitrogens with zero attached hydrogens (tertiary/aromatic N) is 1. The molecule has 1 fully saturated rings. The van der Waals surface area contributed by atoms with E-state index in [4.69, 9.17) is 18.9 Å². The third-order valence-electron chi connectivity index (χ3n) is 11.5. The number of carbonyl (C=O) groups is 6. The van der Waals surface area contributed by atoms with Gasteiger partial charge >= 0.3 is 29.9 Å². The van der Waals surface area contributed by atoms with E-state index in [1.807, 2.05) is 0 Å². The summed E-state index contributed by atoms with van der Waals surface area (Å²) < 4.78 is 21.7. The summed E-state index contributed by atoms with van der Waals surface area (Å²) in [6, 6.07) is 16.9. The smallest absolute Gasteiger partial charge is 0.328 e. The van der Waals surface area contributed by atoms with Crippen LogP contribution in [0.15, 0.2) is 60.7 Å². The highest BCUT2D eigenvalue weighted by Gasteiger charge is 2.54. The van der Waals surface area contributed by atoms with Crippen molar-refractivity contribution in [1.82, 2.24) is 10.2 Å². The van der Waals surface area contributed by atoms with Crippen molar-refractivity contribution >= 4 is 35.8 Å². The Balaban J connectivity index is 1.43. The van der Waals surface area contributed by atoms with Crippen LogP contribution in [-0.2, 0) is 48.5 Å². The molecular formula is C51H76N2O10. The number of hydrogen-bond acceptors (Lipinski definition) is 10. The summed E-state index contributed by atoms with van der Waals surface area (Å²) in [6.45, 7) is 3.19. The molecule has 3 rings (SSSR count). The second-order valence-corrected chi connectivity index (χ2v) is 16.8. The van der Waals surface area contributed by atoms with Crippen molar-refractivity contribution in [2.45, 2.75) is 192 Å². The lowest BCUT2D eigenvalue weighted by atomic mass is 9.83. The first kappa shape index (κ1) is 52.6. The highest BCUT2D eigenvalue weighted by atomic mass is 16.6. The van der Waals surface area contributed by atoms with Gasteiger partial charge in [-0.25, -0.2) is 9.69 Å². The molecule has 0 bridgehead atoms. The van der Waals surface area contributed by atoms with E-state index < -0.39 is 67.0 Å². The number of benzene rings is 2. The Morgan fingerprint density at radius 1 is 0.492 bits per heavy atom. The van der Waals surface area contributed by atoms with Gasteiger partial charge in [0.1, 0.15) is 13.2 Å². The molecule has 1 saturated heterocycles. The molecule has 12 nitrogen and oxygen atoms in total. The maximum Gasteiger partial charge on any atom is 0.328 e. The fraction of sp³-hybridized carbons (Fsp3) is 0.647. The first-order valence-corrected chi connectivity index (χ1v) is 24.1. The van der Waals surface area contributed by atoms with Gasteiger partial charge in [0.25, 0.3) is 5.91 Å². The normalized spacial score (nSPS) is 13.2. The standard InChI is InChI=1S/C51H76N2O10/c1-3-5-7-9-11-13-15-17-19-21-29-35-45(54)60-39-44(40-61-46(55)36-30-22-20-18-16-14-12-10-8-6-4-2)63-48(57)38-37-47(56)62-41-53-49(58)51(52-50(53)59,42-31-25-23-26-32-42)43-33-27-24-28-34-43/h23-28,31-34,44H,3-22,29-30,35-41H2,1-2H3,(H,52,59). The second-order valence-electron chi connectivity index (χ2n) is 16.8. The number of unbranched alkanes of at least 4 members (excludes halogenated alkanes) is 20. The fourth-order valence-corrected chi connectivity index (χ4v) is 7.78. The monoisotopic (exact) mass is 877 g/mol. The van der Waals surface area contributed by atoms with Crippen LogP contribution in [-0.4, -0.2) is 66.8 Å². The Bertz CT molecular complexity index is 1540. The predicted molar refractivity (Wildman–Crippen MR) is 243 cm³/mol. The molecule has 2 aromatic rings. The summed E-state index contributed by atoms with van der Waals surface area (Å²) in [5.74, 6) is -3.09. The number of ether oxygens (including phenoxy) is 4. The molecule has 0 aromatic heterocycles. The Hall–Kier alpha value is -4.74. The van der Waals surface area contributed by atoms with Crippen molar-refractivity contribution in [3.05, 3.63) is 71.8 Å². The van der Waals surface area contributed by atoms with Crippen LogP contribution in [0.1, 0.15) is 192 Å². The van der Waals surface area contributed by atoms with Gasteiger partial charge in [-0.2, -0.15) is 0 Å². The molecule has 1 N–H and O–H groups in total. The zero-order valence-electron chi connectivity index (χ0n) is 38.4. The lowest BCUT2D eigenvalue weighted by Crippen LogP contribution is -2.45. The number of nitrogens with one attached hydrogen (secondary N) is 1. The number of imide groups is 1. The maximum atomic E-state index is 13.9. The minimum Gasteiger partial charge on any atom is -0.462 e. The molecule has 0 radical (unpaired) electrons. The summed E-state index contributed by atoms with van der Waals surface area (Å²) in [5.41, 5.74) is -0.433. The predicted octanol–water partition coefficient (Wildman–Crippen LogP) is 11.2. The van der Waals surface area contributed by atoms with Crippen molar-refractivity contribution in [1.29, 1.82) is 0 Å². The molecule has 0 saturated carbocycles. The first-order valence-electron chi connectivity index (χ1n) is 24.1. The van der Waals surface area contributed by atoms with Gasteiger partial charge in [-0.05, 0) is 24.0 Å². The van der Waals surface area contributed by atoms with E-state index in [2.05, 4.69) is 19.2 Å². The fourth-order valence-electron chi connectivity index (χ4n) is 7.78. The molecule has 1 heterocycles. The van der Waals surface area contributed by atoms with Crippen LogP contribution in [0.4, 0.5) is 4.79 Å². The minimum atomic E-state index is -1.52. The molecule has 350 valence electrons. The van der Waals surface area contributed by atoms with Crippen LogP contribution in [0.25, 0.3) is 0 Å². The summed E-state index contributed by atoms with van der Waals surface area (Å²) in [7, 11) is 0. The molecule has 0 spiro atoms. The lowest BCUT2D eigenvalue weighted by Gasteiger charge is -2.27. The summed E-state index contributed by atoms with van der Waals surface area (Å²) in [4.78, 5) is 78.8. The summed E-state index contributed by atoms with van der Waals surface area (Å²) in [5, 5.41) is 2.79. The molecular weight excluding hydrogens is 801 g/mol. The van der Waals surface area contributed by atoms with Crippen LogP contribution in [0, 0.1) is 0 Å². The van der Waals surface area contributed by atoms with E-state index in [1.54, 1.807) is 60.7 Å². The van der Waals surface area contributed by atoms with E-state index in [0.717, 1.165) is 43.4 Å². The zero-order valence-corrected chi connectivity index (χ0v) is 38.4. The molecule has 0 atom stereocenters. The molecule has 1 aliphatic rings. The highest BCUT2D eigenvalue weighted by Crippen LogP contribution is 2.36. The van der Waals surface area contributed by atoms with Crippen molar-refractivity contribution < 1.29 is 47.7 Å². The van der Waals surface area contributed by atoms with Crippen molar-refractivity contribution in [2.24, 2.45) is 0 Å². The summed E-state index contributed by atoms with van der Waals surface area (Å²) in [6.07, 6.45) is 24.1. The molecule has 1 aliphatic heterocycles. The van der Waals surface area contributed by atoms with Crippen LogP contribution >= 0.6 is 0 Å². The van der Waals surface area contributed by atoms with Crippen molar-refractivity contribution in [3.63, 3.8) is 0 Å². The number of carbonyl (C=O) groups excluding carboxylic acids is 6. The molecule has 63 heavy (non-hydrogen) atoms. The Morgan fingerprint density at radius 3 is 1.27 bits per heavy atom. The van der Waals surface area contributed by atoms with E-state index in [-0.39, 0.29) is 26.1 Å². The average molecular weight is 877 g/mol. The Kier molecular flexibility index (Phi) is 26.7. The van der Waals surface area contributed by atoms with Crippen molar-refractivity contribution in [2.75, 3.05) is 19.9 Å². The number of hydrogen-bond donors (Lipinski definition) is 1. The third kappa shape index (κ3) is 20.5.